The summed E-state index contributed by atoms with van der Waals surface area (Å²) >= 11 is 0. The molecule has 0 fully saturated rings. The fourth-order valence-corrected chi connectivity index (χ4v) is 2.30. The molecule has 0 aromatic rings. The second-order valence-corrected chi connectivity index (χ2v) is 6.01. The van der Waals surface area contributed by atoms with Gasteiger partial charge in [0.25, 0.3) is 0 Å². The zero-order valence-corrected chi connectivity index (χ0v) is 15.4. The van der Waals surface area contributed by atoms with Gasteiger partial charge in [0.05, 0.1) is 0 Å². The predicted molar refractivity (Wildman–Crippen MR) is 99.3 cm³/mol. The lowest BCUT2D eigenvalue weighted by atomic mass is 10.1. The molecule has 0 aromatic carbocycles. The standard InChI is InChI=1S/C19H36N2O3/c1-24-18-14-12-16-21-19(23)20-15-11-9-7-5-3-2-4-6-8-10-13-17-22/h3,5,17H,2,4,6-16,18H2,1H3,(H2,20,21,23)/b5-3-. The molecule has 0 rings (SSSR count). The summed E-state index contributed by atoms with van der Waals surface area (Å²) in [6.07, 6.45) is 17.0. The summed E-state index contributed by atoms with van der Waals surface area (Å²) in [5.74, 6) is 0. The van der Waals surface area contributed by atoms with E-state index in [1.54, 1.807) is 7.11 Å². The molecule has 24 heavy (non-hydrogen) atoms. The van der Waals surface area contributed by atoms with Crippen LogP contribution in [0.1, 0.15) is 70.6 Å². The van der Waals surface area contributed by atoms with Crippen molar-refractivity contribution in [1.29, 1.82) is 0 Å². The van der Waals surface area contributed by atoms with Crippen LogP contribution in [0.2, 0.25) is 0 Å². The molecule has 0 aromatic heterocycles. The quantitative estimate of drug-likeness (QED) is 0.239. The van der Waals surface area contributed by atoms with Gasteiger partial charge < -0.3 is 20.2 Å². The topological polar surface area (TPSA) is 67.4 Å². The number of allylic oxidation sites excluding steroid dienone is 2. The number of carbonyl (C=O) groups excluding carboxylic acids is 2. The molecule has 0 radical (unpaired) electrons. The van der Waals surface area contributed by atoms with Crippen LogP contribution in [0.3, 0.4) is 0 Å². The lowest BCUT2D eigenvalue weighted by Gasteiger charge is -2.07. The number of unbranched alkanes of at least 4 members (excludes halogenated alkanes) is 8. The van der Waals surface area contributed by atoms with Crippen LogP contribution in [0.4, 0.5) is 4.79 Å². The van der Waals surface area contributed by atoms with E-state index in [-0.39, 0.29) is 6.03 Å². The summed E-state index contributed by atoms with van der Waals surface area (Å²) < 4.78 is 4.96. The molecule has 0 aliphatic heterocycles. The van der Waals surface area contributed by atoms with Gasteiger partial charge in [-0.3, -0.25) is 0 Å². The second-order valence-electron chi connectivity index (χ2n) is 6.01. The van der Waals surface area contributed by atoms with Gasteiger partial charge in [-0.2, -0.15) is 0 Å². The van der Waals surface area contributed by atoms with E-state index >= 15 is 0 Å². The molecule has 5 nitrogen and oxygen atoms in total. The number of urea groups is 1. The van der Waals surface area contributed by atoms with Gasteiger partial charge in [0, 0.05) is 33.2 Å². The first-order valence-corrected chi connectivity index (χ1v) is 9.40. The van der Waals surface area contributed by atoms with Crippen molar-refractivity contribution in [2.45, 2.75) is 70.6 Å². The minimum absolute atomic E-state index is 0.0717. The summed E-state index contributed by atoms with van der Waals surface area (Å²) in [6.45, 7) is 2.18. The fourth-order valence-electron chi connectivity index (χ4n) is 2.30. The summed E-state index contributed by atoms with van der Waals surface area (Å²) in [6, 6.07) is -0.0717. The van der Waals surface area contributed by atoms with Crippen molar-refractivity contribution in [3.05, 3.63) is 12.2 Å². The van der Waals surface area contributed by atoms with E-state index in [9.17, 15) is 9.59 Å². The summed E-state index contributed by atoms with van der Waals surface area (Å²) in [5.41, 5.74) is 0. The van der Waals surface area contributed by atoms with Gasteiger partial charge >= 0.3 is 6.03 Å². The van der Waals surface area contributed by atoms with E-state index in [0.717, 1.165) is 70.8 Å². The van der Waals surface area contributed by atoms with Crippen molar-refractivity contribution in [2.75, 3.05) is 26.8 Å². The molecule has 0 unspecified atom stereocenters. The molecule has 0 heterocycles. The molecule has 5 heteroatoms. The van der Waals surface area contributed by atoms with Crippen LogP contribution in [0.25, 0.3) is 0 Å². The largest absolute Gasteiger partial charge is 0.385 e. The summed E-state index contributed by atoms with van der Waals surface area (Å²) in [5, 5.41) is 5.73. The highest BCUT2D eigenvalue weighted by Gasteiger charge is 1.97. The van der Waals surface area contributed by atoms with E-state index in [2.05, 4.69) is 22.8 Å². The minimum Gasteiger partial charge on any atom is -0.385 e. The van der Waals surface area contributed by atoms with Crippen LogP contribution in [-0.4, -0.2) is 39.1 Å². The van der Waals surface area contributed by atoms with Crippen LogP contribution in [0.5, 0.6) is 0 Å². The number of hydrogen-bond acceptors (Lipinski definition) is 3. The number of methoxy groups -OCH3 is 1. The lowest BCUT2D eigenvalue weighted by Crippen LogP contribution is -2.36. The van der Waals surface area contributed by atoms with Crippen LogP contribution >= 0.6 is 0 Å². The SMILES string of the molecule is COCCCCNC(=O)NCCCC/C=C\CCCCCCC=O. The van der Waals surface area contributed by atoms with Crippen molar-refractivity contribution in [1.82, 2.24) is 10.6 Å². The van der Waals surface area contributed by atoms with Gasteiger partial charge in [0.15, 0.2) is 0 Å². The van der Waals surface area contributed by atoms with Gasteiger partial charge in [-0.1, -0.05) is 25.0 Å². The van der Waals surface area contributed by atoms with Gasteiger partial charge in [-0.05, 0) is 51.4 Å². The highest BCUT2D eigenvalue weighted by molar-refractivity contribution is 5.73. The van der Waals surface area contributed by atoms with Crippen LogP contribution in [0, 0.1) is 0 Å². The monoisotopic (exact) mass is 340 g/mol. The van der Waals surface area contributed by atoms with Gasteiger partial charge in [0.2, 0.25) is 0 Å². The first kappa shape index (κ1) is 22.6. The molecule has 2 amide bonds. The number of hydrogen-bond donors (Lipinski definition) is 2. The first-order chi connectivity index (χ1) is 11.8. The third-order valence-electron chi connectivity index (χ3n) is 3.75. The Kier molecular flexibility index (Phi) is 18.6. The van der Waals surface area contributed by atoms with E-state index in [1.165, 1.54) is 12.8 Å². The van der Waals surface area contributed by atoms with E-state index in [4.69, 9.17) is 4.74 Å². The Morgan fingerprint density at radius 3 is 1.92 bits per heavy atom. The van der Waals surface area contributed by atoms with Crippen molar-refractivity contribution < 1.29 is 14.3 Å². The summed E-state index contributed by atoms with van der Waals surface area (Å²) in [4.78, 5) is 21.7. The van der Waals surface area contributed by atoms with Crippen LogP contribution in [-0.2, 0) is 9.53 Å². The number of carbonyl (C=O) groups is 2. The predicted octanol–water partition coefficient (Wildman–Crippen LogP) is 3.98. The molecule has 0 aliphatic carbocycles. The average molecular weight is 341 g/mol. The van der Waals surface area contributed by atoms with Crippen LogP contribution < -0.4 is 10.6 Å². The van der Waals surface area contributed by atoms with E-state index in [1.807, 2.05) is 0 Å². The lowest BCUT2D eigenvalue weighted by molar-refractivity contribution is -0.107. The van der Waals surface area contributed by atoms with Gasteiger partial charge in [0.1, 0.15) is 6.29 Å². The smallest absolute Gasteiger partial charge is 0.314 e. The minimum atomic E-state index is -0.0717. The third-order valence-corrected chi connectivity index (χ3v) is 3.75. The van der Waals surface area contributed by atoms with E-state index < -0.39 is 0 Å². The molecule has 2 N–H and O–H groups in total. The van der Waals surface area contributed by atoms with Crippen LogP contribution in [0.15, 0.2) is 12.2 Å². The van der Waals surface area contributed by atoms with Crippen molar-refractivity contribution >= 4 is 12.3 Å². The molecule has 0 bridgehead atoms. The Hall–Kier alpha value is -1.36. The number of nitrogens with one attached hydrogen (secondary N) is 2. The Labute approximate surface area is 147 Å². The summed E-state index contributed by atoms with van der Waals surface area (Å²) in [7, 11) is 1.69. The molecular weight excluding hydrogens is 304 g/mol. The Balaban J connectivity index is 3.21. The molecule has 0 saturated carbocycles. The van der Waals surface area contributed by atoms with Gasteiger partial charge in [-0.15, -0.1) is 0 Å². The second kappa shape index (κ2) is 19.7. The average Bonchev–Trinajstić information content (AvgIpc) is 2.59. The zero-order valence-electron chi connectivity index (χ0n) is 15.4. The molecule has 0 atom stereocenters. The molecule has 0 spiro atoms. The number of ether oxygens (including phenoxy) is 1. The van der Waals surface area contributed by atoms with Gasteiger partial charge in [-0.25, -0.2) is 4.79 Å². The number of amides is 2. The fraction of sp³-hybridized carbons (Fsp3) is 0.789. The van der Waals surface area contributed by atoms with E-state index in [0.29, 0.717) is 13.0 Å². The third kappa shape index (κ3) is 18.7. The highest BCUT2D eigenvalue weighted by Crippen LogP contribution is 2.05. The first-order valence-electron chi connectivity index (χ1n) is 9.40. The Morgan fingerprint density at radius 1 is 0.792 bits per heavy atom. The Bertz CT molecular complexity index is 320. The highest BCUT2D eigenvalue weighted by atomic mass is 16.5. The number of rotatable bonds is 17. The molecular formula is C19H36N2O3. The van der Waals surface area contributed by atoms with Crippen molar-refractivity contribution in [2.24, 2.45) is 0 Å². The number of aldehydes is 1. The molecule has 0 aliphatic rings. The zero-order chi connectivity index (χ0) is 17.7. The van der Waals surface area contributed by atoms with Crippen molar-refractivity contribution in [3.63, 3.8) is 0 Å². The maximum absolute atomic E-state index is 11.5. The maximum Gasteiger partial charge on any atom is 0.314 e. The molecule has 0 saturated heterocycles. The molecule has 140 valence electrons. The normalized spacial score (nSPS) is 10.9. The van der Waals surface area contributed by atoms with Crippen molar-refractivity contribution in [3.8, 4) is 0 Å². The maximum atomic E-state index is 11.5. The Morgan fingerprint density at radius 2 is 1.33 bits per heavy atom.